The Kier molecular flexibility index (Phi) is 6.36. The van der Waals surface area contributed by atoms with E-state index in [-0.39, 0.29) is 0 Å². The molecule has 2 fully saturated rings. The lowest BCUT2D eigenvalue weighted by Crippen LogP contribution is -2.03. The average Bonchev–Trinajstić information content (AvgIpc) is 3.06. The third kappa shape index (κ3) is 5.64. The Morgan fingerprint density at radius 1 is 0.947 bits per heavy atom. The summed E-state index contributed by atoms with van der Waals surface area (Å²) in [6, 6.07) is 0. The van der Waals surface area contributed by atoms with Crippen LogP contribution in [-0.2, 0) is 9.53 Å². The van der Waals surface area contributed by atoms with Crippen molar-refractivity contribution in [2.75, 3.05) is 0 Å². The van der Waals surface area contributed by atoms with Crippen LogP contribution in [0.3, 0.4) is 0 Å². The highest BCUT2D eigenvalue weighted by molar-refractivity contribution is 5.75. The highest BCUT2D eigenvalue weighted by Crippen LogP contribution is 2.45. The molecule has 3 atom stereocenters. The van der Waals surface area contributed by atoms with Crippen LogP contribution in [0.5, 0.6) is 0 Å². The van der Waals surface area contributed by atoms with Crippen molar-refractivity contribution in [2.24, 2.45) is 5.92 Å². The molecule has 0 aromatic carbocycles. The molecule has 0 bridgehead atoms. The summed E-state index contributed by atoms with van der Waals surface area (Å²) in [4.78, 5) is 10.8. The maximum atomic E-state index is 10.8. The van der Waals surface area contributed by atoms with Gasteiger partial charge in [0.05, 0.1) is 12.2 Å². The summed E-state index contributed by atoms with van der Waals surface area (Å²) in [5.41, 5.74) is 0. The number of hydrogen-bond acceptors (Lipinski definition) is 2. The third-order valence-electron chi connectivity index (χ3n) is 4.76. The number of carbonyl (C=O) groups excluding carboxylic acids is 1. The Labute approximate surface area is 118 Å². The van der Waals surface area contributed by atoms with Crippen LogP contribution in [0.25, 0.3) is 0 Å². The van der Waals surface area contributed by atoms with E-state index in [1.165, 1.54) is 64.2 Å². The van der Waals surface area contributed by atoms with Gasteiger partial charge in [-0.2, -0.15) is 0 Å². The molecular weight excluding hydrogens is 236 g/mol. The van der Waals surface area contributed by atoms with Gasteiger partial charge in [0.1, 0.15) is 5.78 Å². The zero-order valence-electron chi connectivity index (χ0n) is 12.5. The van der Waals surface area contributed by atoms with Gasteiger partial charge in [0.25, 0.3) is 0 Å². The van der Waals surface area contributed by atoms with Crippen LogP contribution in [-0.4, -0.2) is 18.0 Å². The molecule has 0 unspecified atom stereocenters. The van der Waals surface area contributed by atoms with Gasteiger partial charge in [0.15, 0.2) is 0 Å². The average molecular weight is 266 g/mol. The molecule has 1 heterocycles. The molecule has 2 nitrogen and oxygen atoms in total. The molecule has 0 spiro atoms. The second kappa shape index (κ2) is 8.04. The van der Waals surface area contributed by atoms with Crippen molar-refractivity contribution in [3.8, 4) is 0 Å². The highest BCUT2D eigenvalue weighted by atomic mass is 16.6. The number of fused-ring (bicyclic) bond motifs is 1. The molecule has 0 amide bonds. The maximum Gasteiger partial charge on any atom is 0.129 e. The van der Waals surface area contributed by atoms with Gasteiger partial charge in [-0.1, -0.05) is 44.9 Å². The number of rotatable bonds is 11. The lowest BCUT2D eigenvalue weighted by atomic mass is 9.98. The first-order valence-corrected chi connectivity index (χ1v) is 8.42. The summed E-state index contributed by atoms with van der Waals surface area (Å²) in [7, 11) is 0. The molecule has 1 aliphatic carbocycles. The lowest BCUT2D eigenvalue weighted by Gasteiger charge is -2.09. The smallest absolute Gasteiger partial charge is 0.129 e. The Balaban J connectivity index is 1.30. The fraction of sp³-hybridized carbons (Fsp3) is 0.941. The normalized spacial score (nSPS) is 28.4. The van der Waals surface area contributed by atoms with Crippen molar-refractivity contribution < 1.29 is 9.53 Å². The van der Waals surface area contributed by atoms with E-state index >= 15 is 0 Å². The van der Waals surface area contributed by atoms with Crippen LogP contribution in [0.2, 0.25) is 0 Å². The molecule has 19 heavy (non-hydrogen) atoms. The highest BCUT2D eigenvalue weighted by Gasteiger charge is 2.49. The van der Waals surface area contributed by atoms with Crippen LogP contribution < -0.4 is 0 Å². The van der Waals surface area contributed by atoms with E-state index in [0.29, 0.717) is 18.0 Å². The van der Waals surface area contributed by atoms with Gasteiger partial charge < -0.3 is 9.53 Å². The molecular formula is C17H30O2. The van der Waals surface area contributed by atoms with Gasteiger partial charge in [-0.15, -0.1) is 0 Å². The zero-order valence-corrected chi connectivity index (χ0v) is 12.5. The summed E-state index contributed by atoms with van der Waals surface area (Å²) >= 11 is 0. The number of carbonyl (C=O) groups is 1. The fourth-order valence-corrected chi connectivity index (χ4v) is 3.50. The minimum atomic E-state index is 0.341. The van der Waals surface area contributed by atoms with Gasteiger partial charge in [-0.05, 0) is 38.5 Å². The Bertz CT molecular complexity index is 274. The number of ether oxygens (including phenoxy) is 1. The quantitative estimate of drug-likeness (QED) is 0.402. The van der Waals surface area contributed by atoms with Crippen molar-refractivity contribution in [2.45, 2.75) is 96.2 Å². The molecule has 110 valence electrons. The van der Waals surface area contributed by atoms with Gasteiger partial charge in [0.2, 0.25) is 0 Å². The minimum Gasteiger partial charge on any atom is -0.369 e. The summed E-state index contributed by atoms with van der Waals surface area (Å²) in [5, 5.41) is 0. The predicted octanol–water partition coefficient (Wildman–Crippen LogP) is 4.65. The van der Waals surface area contributed by atoms with E-state index in [9.17, 15) is 4.79 Å². The van der Waals surface area contributed by atoms with E-state index in [1.54, 1.807) is 6.92 Å². The van der Waals surface area contributed by atoms with E-state index < -0.39 is 0 Å². The van der Waals surface area contributed by atoms with Crippen molar-refractivity contribution in [1.29, 1.82) is 0 Å². The third-order valence-corrected chi connectivity index (χ3v) is 4.76. The first-order chi connectivity index (χ1) is 9.27. The Morgan fingerprint density at radius 2 is 1.58 bits per heavy atom. The van der Waals surface area contributed by atoms with Crippen LogP contribution >= 0.6 is 0 Å². The first kappa shape index (κ1) is 15.0. The second-order valence-electron chi connectivity index (χ2n) is 6.55. The zero-order chi connectivity index (χ0) is 13.5. The van der Waals surface area contributed by atoms with Gasteiger partial charge in [0, 0.05) is 6.42 Å². The molecule has 0 aromatic rings. The van der Waals surface area contributed by atoms with Crippen molar-refractivity contribution in [1.82, 2.24) is 0 Å². The van der Waals surface area contributed by atoms with Crippen LogP contribution in [0.15, 0.2) is 0 Å². The first-order valence-electron chi connectivity index (χ1n) is 8.42. The molecule has 0 N–H and O–H groups in total. The molecule has 0 aromatic heterocycles. The molecule has 1 saturated heterocycles. The Morgan fingerprint density at radius 3 is 2.11 bits per heavy atom. The van der Waals surface area contributed by atoms with E-state index in [1.807, 2.05) is 0 Å². The molecule has 2 aliphatic rings. The number of epoxide rings is 1. The van der Waals surface area contributed by atoms with Gasteiger partial charge in [-0.3, -0.25) is 0 Å². The molecule has 2 heteroatoms. The van der Waals surface area contributed by atoms with Gasteiger partial charge >= 0.3 is 0 Å². The predicted molar refractivity (Wildman–Crippen MR) is 78.2 cm³/mol. The maximum absolute atomic E-state index is 10.8. The van der Waals surface area contributed by atoms with Crippen molar-refractivity contribution in [3.63, 3.8) is 0 Å². The summed E-state index contributed by atoms with van der Waals surface area (Å²) in [6.07, 6.45) is 16.9. The second-order valence-corrected chi connectivity index (χ2v) is 6.55. The number of Topliss-reactive ketones (excluding diaryl/α,β-unsaturated/α-hetero) is 1. The van der Waals surface area contributed by atoms with Crippen LogP contribution in [0.4, 0.5) is 0 Å². The topological polar surface area (TPSA) is 29.6 Å². The molecule has 1 saturated carbocycles. The SMILES string of the molecule is CC(=O)CCCCCCCCCC[C@@H]1CC[C@H]2O[C@H]12. The lowest BCUT2D eigenvalue weighted by molar-refractivity contribution is -0.117. The minimum absolute atomic E-state index is 0.341. The molecule has 0 radical (unpaired) electrons. The largest absolute Gasteiger partial charge is 0.369 e. The van der Waals surface area contributed by atoms with Crippen LogP contribution in [0.1, 0.15) is 84.0 Å². The number of ketones is 1. The van der Waals surface area contributed by atoms with Crippen LogP contribution in [0, 0.1) is 5.92 Å². The fourth-order valence-electron chi connectivity index (χ4n) is 3.50. The van der Waals surface area contributed by atoms with E-state index in [2.05, 4.69) is 0 Å². The van der Waals surface area contributed by atoms with E-state index in [0.717, 1.165) is 18.8 Å². The summed E-state index contributed by atoms with van der Waals surface area (Å²) in [5.74, 6) is 1.24. The van der Waals surface area contributed by atoms with E-state index in [4.69, 9.17) is 4.74 Å². The van der Waals surface area contributed by atoms with Crippen molar-refractivity contribution in [3.05, 3.63) is 0 Å². The number of hydrogen-bond donors (Lipinski definition) is 0. The molecule has 2 rings (SSSR count). The summed E-state index contributed by atoms with van der Waals surface area (Å²) in [6.45, 7) is 1.69. The monoisotopic (exact) mass is 266 g/mol. The van der Waals surface area contributed by atoms with Crippen molar-refractivity contribution >= 4 is 5.78 Å². The standard InChI is InChI=1S/C17H30O2/c1-14(18)10-8-6-4-2-3-5-7-9-11-15-12-13-16-17(15)19-16/h15-17H,2-13H2,1H3/t15-,16-,17-/m1/s1. The molecule has 1 aliphatic heterocycles. The van der Waals surface area contributed by atoms with Gasteiger partial charge in [-0.25, -0.2) is 0 Å². The summed E-state index contributed by atoms with van der Waals surface area (Å²) < 4.78 is 5.59. The number of unbranched alkanes of at least 4 members (excludes halogenated alkanes) is 7. The Hall–Kier alpha value is -0.370.